The fraction of sp³-hybridized carbons (Fsp3) is 0.444. The molecule has 1 atom stereocenters. The van der Waals surface area contributed by atoms with E-state index in [-0.39, 0.29) is 17.4 Å². The topological polar surface area (TPSA) is 67.2 Å². The Labute approximate surface area is 137 Å². The van der Waals surface area contributed by atoms with Crippen molar-refractivity contribution in [3.8, 4) is 5.69 Å². The number of benzene rings is 1. The van der Waals surface area contributed by atoms with Crippen LogP contribution in [0.15, 0.2) is 36.5 Å². The molecule has 2 aromatic rings. The third-order valence-corrected chi connectivity index (χ3v) is 3.83. The predicted molar refractivity (Wildman–Crippen MR) is 90.7 cm³/mol. The number of aliphatic hydroxyl groups is 1. The molecular weight excluding hydrogens is 290 g/mol. The molecule has 0 aliphatic heterocycles. The monoisotopic (exact) mass is 315 g/mol. The lowest BCUT2D eigenvalue weighted by molar-refractivity contribution is 0.0901. The summed E-state index contributed by atoms with van der Waals surface area (Å²) in [5.41, 5.74) is 2.15. The molecular formula is C18H25N3O2. The molecule has 0 aliphatic carbocycles. The van der Waals surface area contributed by atoms with Crippen LogP contribution >= 0.6 is 0 Å². The van der Waals surface area contributed by atoms with Gasteiger partial charge in [-0.05, 0) is 37.8 Å². The Hall–Kier alpha value is -2.14. The van der Waals surface area contributed by atoms with E-state index in [0.29, 0.717) is 18.5 Å². The molecule has 124 valence electrons. The van der Waals surface area contributed by atoms with E-state index in [1.165, 1.54) is 0 Å². The highest BCUT2D eigenvalue weighted by Crippen LogP contribution is 2.21. The summed E-state index contributed by atoms with van der Waals surface area (Å²) in [7, 11) is 0. The summed E-state index contributed by atoms with van der Waals surface area (Å²) in [5.74, 6) is -0.136. The van der Waals surface area contributed by atoms with E-state index in [1.807, 2.05) is 51.1 Å². The fourth-order valence-electron chi connectivity index (χ4n) is 2.75. The zero-order valence-electron chi connectivity index (χ0n) is 14.2. The van der Waals surface area contributed by atoms with Gasteiger partial charge >= 0.3 is 0 Å². The van der Waals surface area contributed by atoms with E-state index in [4.69, 9.17) is 0 Å². The first-order chi connectivity index (χ1) is 10.8. The summed E-state index contributed by atoms with van der Waals surface area (Å²) >= 11 is 0. The normalized spacial score (nSPS) is 12.9. The first-order valence-electron chi connectivity index (χ1n) is 7.86. The number of para-hydroxylation sites is 1. The lowest BCUT2D eigenvalue weighted by Crippen LogP contribution is -2.35. The van der Waals surface area contributed by atoms with Gasteiger partial charge in [0.15, 0.2) is 0 Å². The minimum atomic E-state index is -0.385. The molecule has 2 N–H and O–H groups in total. The lowest BCUT2D eigenvalue weighted by Gasteiger charge is -2.26. The number of carbonyl (C=O) groups is 1. The number of amides is 1. The molecule has 0 saturated carbocycles. The number of hydrogen-bond acceptors (Lipinski definition) is 3. The third-order valence-electron chi connectivity index (χ3n) is 3.83. The van der Waals surface area contributed by atoms with Gasteiger partial charge < -0.3 is 10.4 Å². The van der Waals surface area contributed by atoms with Gasteiger partial charge in [0.25, 0.3) is 5.91 Å². The second-order valence-corrected chi connectivity index (χ2v) is 6.79. The van der Waals surface area contributed by atoms with Crippen LogP contribution in [0.4, 0.5) is 0 Å². The molecule has 0 fully saturated rings. The average molecular weight is 315 g/mol. The van der Waals surface area contributed by atoms with Crippen LogP contribution in [0.1, 0.15) is 43.2 Å². The summed E-state index contributed by atoms with van der Waals surface area (Å²) in [6, 6.07) is 9.73. The average Bonchev–Trinajstić information content (AvgIpc) is 2.86. The van der Waals surface area contributed by atoms with Gasteiger partial charge in [0.05, 0.1) is 29.2 Å². The second kappa shape index (κ2) is 6.96. The zero-order chi connectivity index (χ0) is 17.0. The number of aliphatic hydroxyl groups excluding tert-OH is 1. The molecule has 0 saturated heterocycles. The summed E-state index contributed by atoms with van der Waals surface area (Å²) in [4.78, 5) is 12.4. The van der Waals surface area contributed by atoms with Crippen LogP contribution in [-0.4, -0.2) is 33.4 Å². The van der Waals surface area contributed by atoms with Crippen molar-refractivity contribution in [3.63, 3.8) is 0 Å². The molecule has 1 amide bonds. The number of hydrogen-bond donors (Lipinski definition) is 2. The maximum absolute atomic E-state index is 12.4. The van der Waals surface area contributed by atoms with Gasteiger partial charge in [-0.1, -0.05) is 32.0 Å². The van der Waals surface area contributed by atoms with Gasteiger partial charge in [-0.3, -0.25) is 4.79 Å². The molecule has 1 aromatic heterocycles. The third kappa shape index (κ3) is 4.42. The first kappa shape index (κ1) is 17.2. The van der Waals surface area contributed by atoms with Crippen LogP contribution in [0.2, 0.25) is 0 Å². The molecule has 5 nitrogen and oxygen atoms in total. The summed E-state index contributed by atoms with van der Waals surface area (Å²) in [6.07, 6.45) is 1.85. The molecule has 0 bridgehead atoms. The van der Waals surface area contributed by atoms with Crippen LogP contribution in [-0.2, 0) is 0 Å². The Morgan fingerprint density at radius 1 is 1.35 bits per heavy atom. The minimum Gasteiger partial charge on any atom is -0.393 e. The number of nitrogens with one attached hydrogen (secondary N) is 1. The Balaban J connectivity index is 2.08. The van der Waals surface area contributed by atoms with E-state index < -0.39 is 0 Å². The van der Waals surface area contributed by atoms with E-state index in [0.717, 1.165) is 11.4 Å². The maximum atomic E-state index is 12.4. The van der Waals surface area contributed by atoms with Gasteiger partial charge in [0.1, 0.15) is 0 Å². The van der Waals surface area contributed by atoms with Crippen molar-refractivity contribution in [1.82, 2.24) is 15.1 Å². The van der Waals surface area contributed by atoms with Crippen LogP contribution in [0.3, 0.4) is 0 Å². The van der Waals surface area contributed by atoms with Crippen molar-refractivity contribution in [2.24, 2.45) is 5.41 Å². The van der Waals surface area contributed by atoms with Crippen LogP contribution in [0.25, 0.3) is 5.69 Å². The van der Waals surface area contributed by atoms with E-state index >= 15 is 0 Å². The molecule has 2 rings (SSSR count). The summed E-state index contributed by atoms with van der Waals surface area (Å²) < 4.78 is 1.76. The molecule has 0 aliphatic rings. The van der Waals surface area contributed by atoms with E-state index in [2.05, 4.69) is 10.4 Å². The molecule has 1 unspecified atom stereocenters. The molecule has 0 radical (unpaired) electrons. The summed E-state index contributed by atoms with van der Waals surface area (Å²) in [6.45, 7) is 8.21. The Morgan fingerprint density at radius 2 is 2.00 bits per heavy atom. The van der Waals surface area contributed by atoms with Crippen LogP contribution < -0.4 is 5.32 Å². The molecule has 5 heteroatoms. The standard InChI is InChI=1S/C18H25N3O2/c1-13(22)10-18(3,4)12-19-17(23)16-11-20-21(14(16)2)15-8-6-5-7-9-15/h5-9,11,13,22H,10,12H2,1-4H3,(H,19,23). The number of nitrogens with zero attached hydrogens (tertiary/aromatic N) is 2. The highest BCUT2D eigenvalue weighted by Gasteiger charge is 2.22. The SMILES string of the molecule is Cc1c(C(=O)NCC(C)(C)CC(C)O)cnn1-c1ccccc1. The quantitative estimate of drug-likeness (QED) is 0.861. The zero-order valence-corrected chi connectivity index (χ0v) is 14.2. The van der Waals surface area contributed by atoms with Crippen LogP contribution in [0, 0.1) is 12.3 Å². The van der Waals surface area contributed by atoms with Gasteiger partial charge in [0, 0.05) is 6.54 Å². The van der Waals surface area contributed by atoms with E-state index in [9.17, 15) is 9.90 Å². The predicted octanol–water partition coefficient (Wildman–Crippen LogP) is 2.71. The Kier molecular flexibility index (Phi) is 5.21. The largest absolute Gasteiger partial charge is 0.393 e. The lowest BCUT2D eigenvalue weighted by atomic mass is 9.87. The molecule has 1 heterocycles. The molecule has 0 spiro atoms. The first-order valence-corrected chi connectivity index (χ1v) is 7.86. The van der Waals surface area contributed by atoms with Crippen molar-refractivity contribution >= 4 is 5.91 Å². The van der Waals surface area contributed by atoms with Gasteiger partial charge in [0.2, 0.25) is 0 Å². The van der Waals surface area contributed by atoms with Crippen molar-refractivity contribution in [2.45, 2.75) is 40.2 Å². The van der Waals surface area contributed by atoms with E-state index in [1.54, 1.807) is 17.8 Å². The smallest absolute Gasteiger partial charge is 0.254 e. The fourth-order valence-corrected chi connectivity index (χ4v) is 2.75. The van der Waals surface area contributed by atoms with Gasteiger partial charge in [-0.2, -0.15) is 5.10 Å². The second-order valence-electron chi connectivity index (χ2n) is 6.79. The number of rotatable bonds is 6. The highest BCUT2D eigenvalue weighted by atomic mass is 16.3. The van der Waals surface area contributed by atoms with Crippen LogP contribution in [0.5, 0.6) is 0 Å². The van der Waals surface area contributed by atoms with Crippen molar-refractivity contribution in [3.05, 3.63) is 47.8 Å². The number of aromatic nitrogens is 2. The van der Waals surface area contributed by atoms with Crippen molar-refractivity contribution in [2.75, 3.05) is 6.54 Å². The maximum Gasteiger partial charge on any atom is 0.254 e. The van der Waals surface area contributed by atoms with Gasteiger partial charge in [-0.15, -0.1) is 0 Å². The summed E-state index contributed by atoms with van der Waals surface area (Å²) in [5, 5.41) is 16.8. The van der Waals surface area contributed by atoms with Crippen molar-refractivity contribution < 1.29 is 9.90 Å². The highest BCUT2D eigenvalue weighted by molar-refractivity contribution is 5.95. The Bertz CT molecular complexity index is 660. The minimum absolute atomic E-state index is 0.136. The number of carbonyl (C=O) groups excluding carboxylic acids is 1. The Morgan fingerprint density at radius 3 is 2.61 bits per heavy atom. The molecule has 23 heavy (non-hydrogen) atoms. The van der Waals surface area contributed by atoms with Gasteiger partial charge in [-0.25, -0.2) is 4.68 Å². The van der Waals surface area contributed by atoms with Crippen molar-refractivity contribution in [1.29, 1.82) is 0 Å². The molecule has 1 aromatic carbocycles.